The zero-order valence-corrected chi connectivity index (χ0v) is 12.7. The van der Waals surface area contributed by atoms with Gasteiger partial charge in [-0.3, -0.25) is 9.59 Å². The smallest absolute Gasteiger partial charge is 0.252 e. The molecule has 0 unspecified atom stereocenters. The van der Waals surface area contributed by atoms with Crippen LogP contribution in [0.1, 0.15) is 16.1 Å². The summed E-state index contributed by atoms with van der Waals surface area (Å²) >= 11 is 2.08. The topological polar surface area (TPSA) is 71.3 Å². The quantitative estimate of drug-likeness (QED) is 0.775. The van der Waals surface area contributed by atoms with Crippen molar-refractivity contribution in [3.05, 3.63) is 57.6 Å². The highest BCUT2D eigenvalue weighted by Crippen LogP contribution is 2.10. The maximum Gasteiger partial charge on any atom is 0.252 e. The van der Waals surface area contributed by atoms with Crippen LogP contribution in [-0.2, 0) is 11.3 Å². The number of rotatable bonds is 5. The Morgan fingerprint density at radius 3 is 2.60 bits per heavy atom. The molecule has 1 aromatic heterocycles. The maximum absolute atomic E-state index is 11.9. The lowest BCUT2D eigenvalue weighted by Gasteiger charge is -2.07. The van der Waals surface area contributed by atoms with Gasteiger partial charge in [-0.1, -0.05) is 12.1 Å². The molecule has 0 aliphatic carbocycles. The van der Waals surface area contributed by atoms with Crippen LogP contribution in [0.2, 0.25) is 0 Å². The van der Waals surface area contributed by atoms with Crippen LogP contribution in [0.25, 0.3) is 0 Å². The zero-order chi connectivity index (χ0) is 14.4. The molecule has 0 saturated heterocycles. The summed E-state index contributed by atoms with van der Waals surface area (Å²) in [6.45, 7) is 0.245. The van der Waals surface area contributed by atoms with Gasteiger partial charge in [0.1, 0.15) is 5.76 Å². The summed E-state index contributed by atoms with van der Waals surface area (Å²) in [7, 11) is 0. The minimum absolute atomic E-state index is 0.0650. The lowest BCUT2D eigenvalue weighted by molar-refractivity contribution is -0.120. The molecule has 0 radical (unpaired) electrons. The lowest BCUT2D eigenvalue weighted by Crippen LogP contribution is -2.36. The number of carbonyl (C=O) groups is 2. The Morgan fingerprint density at radius 2 is 1.90 bits per heavy atom. The molecule has 2 N–H and O–H groups in total. The van der Waals surface area contributed by atoms with Crippen molar-refractivity contribution in [3.63, 3.8) is 0 Å². The van der Waals surface area contributed by atoms with Gasteiger partial charge in [-0.25, -0.2) is 0 Å². The zero-order valence-electron chi connectivity index (χ0n) is 10.6. The molecule has 2 rings (SSSR count). The van der Waals surface area contributed by atoms with Gasteiger partial charge in [-0.05, 0) is 46.9 Å². The van der Waals surface area contributed by atoms with Crippen LogP contribution in [0.4, 0.5) is 0 Å². The van der Waals surface area contributed by atoms with E-state index in [0.29, 0.717) is 17.9 Å². The van der Waals surface area contributed by atoms with Crippen molar-refractivity contribution in [2.45, 2.75) is 6.54 Å². The molecule has 20 heavy (non-hydrogen) atoms. The number of hydrogen-bond donors (Lipinski definition) is 2. The Labute approximate surface area is 129 Å². The van der Waals surface area contributed by atoms with E-state index in [0.717, 1.165) is 3.57 Å². The van der Waals surface area contributed by atoms with Gasteiger partial charge in [0.2, 0.25) is 5.91 Å². The molecule has 6 heteroatoms. The average Bonchev–Trinajstić information content (AvgIpc) is 2.96. The third-order valence-electron chi connectivity index (χ3n) is 2.57. The molecule has 0 bridgehead atoms. The van der Waals surface area contributed by atoms with Crippen molar-refractivity contribution in [1.82, 2.24) is 10.6 Å². The summed E-state index contributed by atoms with van der Waals surface area (Å²) in [6, 6.07) is 10.7. The molecule has 2 aromatic rings. The Balaban J connectivity index is 1.78. The molecule has 0 atom stereocenters. The summed E-state index contributed by atoms with van der Waals surface area (Å²) < 4.78 is 5.94. The van der Waals surface area contributed by atoms with Crippen molar-refractivity contribution in [1.29, 1.82) is 0 Å². The summed E-state index contributed by atoms with van der Waals surface area (Å²) in [5.41, 5.74) is 0.562. The summed E-state index contributed by atoms with van der Waals surface area (Å²) in [4.78, 5) is 23.5. The maximum atomic E-state index is 11.9. The Bertz CT molecular complexity index is 596. The van der Waals surface area contributed by atoms with Gasteiger partial charge in [0, 0.05) is 3.57 Å². The van der Waals surface area contributed by atoms with Gasteiger partial charge < -0.3 is 15.1 Å². The lowest BCUT2D eigenvalue weighted by atomic mass is 10.2. The molecule has 0 aliphatic heterocycles. The van der Waals surface area contributed by atoms with Gasteiger partial charge in [0.05, 0.1) is 24.9 Å². The Hall–Kier alpha value is -1.83. The van der Waals surface area contributed by atoms with Crippen LogP contribution in [0.5, 0.6) is 0 Å². The van der Waals surface area contributed by atoms with Gasteiger partial charge in [0.15, 0.2) is 0 Å². The molecule has 2 amide bonds. The van der Waals surface area contributed by atoms with Crippen LogP contribution in [-0.4, -0.2) is 18.4 Å². The summed E-state index contributed by atoms with van der Waals surface area (Å²) in [5, 5.41) is 5.24. The molecule has 0 fully saturated rings. The van der Waals surface area contributed by atoms with Crippen molar-refractivity contribution in [2.75, 3.05) is 6.54 Å². The predicted octanol–water partition coefficient (Wildman–Crippen LogP) is 1.93. The van der Waals surface area contributed by atoms with Crippen LogP contribution in [0.15, 0.2) is 47.1 Å². The van der Waals surface area contributed by atoms with Crippen LogP contribution >= 0.6 is 22.6 Å². The van der Waals surface area contributed by atoms with Gasteiger partial charge in [-0.15, -0.1) is 0 Å². The fourth-order valence-electron chi connectivity index (χ4n) is 1.56. The Morgan fingerprint density at radius 1 is 1.10 bits per heavy atom. The summed E-state index contributed by atoms with van der Waals surface area (Å²) in [6.07, 6.45) is 1.54. The Kier molecular flexibility index (Phi) is 5.16. The fraction of sp³-hybridized carbons (Fsp3) is 0.143. The first kappa shape index (κ1) is 14.6. The van der Waals surface area contributed by atoms with E-state index in [4.69, 9.17) is 4.42 Å². The first-order valence-corrected chi connectivity index (χ1v) is 7.06. The number of furan rings is 1. The number of halogens is 1. The highest BCUT2D eigenvalue weighted by atomic mass is 127. The third-order valence-corrected chi connectivity index (χ3v) is 3.51. The second-order valence-electron chi connectivity index (χ2n) is 4.02. The monoisotopic (exact) mass is 384 g/mol. The summed E-state index contributed by atoms with van der Waals surface area (Å²) in [5.74, 6) is 0.145. The standard InChI is InChI=1S/C14H13IN2O3/c15-12-6-2-1-5-11(12)14(19)17-9-13(18)16-8-10-4-3-7-20-10/h1-7H,8-9H2,(H,16,18)(H,17,19). The SMILES string of the molecule is O=C(CNC(=O)c1ccccc1I)NCc1ccco1. The normalized spacial score (nSPS) is 10.1. The first-order chi connectivity index (χ1) is 9.66. The molecular formula is C14H13IN2O3. The van der Waals surface area contributed by atoms with Gasteiger partial charge in [0.25, 0.3) is 5.91 Å². The largest absolute Gasteiger partial charge is 0.467 e. The second-order valence-corrected chi connectivity index (χ2v) is 5.18. The highest BCUT2D eigenvalue weighted by Gasteiger charge is 2.10. The number of amides is 2. The molecular weight excluding hydrogens is 371 g/mol. The molecule has 0 aliphatic rings. The van der Waals surface area contributed by atoms with Crippen molar-refractivity contribution in [2.24, 2.45) is 0 Å². The van der Waals surface area contributed by atoms with Crippen molar-refractivity contribution < 1.29 is 14.0 Å². The van der Waals surface area contributed by atoms with E-state index in [1.54, 1.807) is 30.5 Å². The third kappa shape index (κ3) is 4.09. The van der Waals surface area contributed by atoms with E-state index in [9.17, 15) is 9.59 Å². The number of benzene rings is 1. The van der Waals surface area contributed by atoms with E-state index in [2.05, 4.69) is 33.2 Å². The van der Waals surface area contributed by atoms with Crippen molar-refractivity contribution >= 4 is 34.4 Å². The highest BCUT2D eigenvalue weighted by molar-refractivity contribution is 14.1. The van der Waals surface area contributed by atoms with Crippen molar-refractivity contribution in [3.8, 4) is 0 Å². The average molecular weight is 384 g/mol. The van der Waals surface area contributed by atoms with Crippen LogP contribution in [0, 0.1) is 3.57 Å². The number of carbonyl (C=O) groups excluding carboxylic acids is 2. The van der Waals surface area contributed by atoms with Gasteiger partial charge >= 0.3 is 0 Å². The molecule has 104 valence electrons. The van der Waals surface area contributed by atoms with Crippen LogP contribution in [0.3, 0.4) is 0 Å². The first-order valence-electron chi connectivity index (χ1n) is 5.98. The van der Waals surface area contributed by atoms with Gasteiger partial charge in [-0.2, -0.15) is 0 Å². The minimum Gasteiger partial charge on any atom is -0.467 e. The minimum atomic E-state index is -0.263. The molecule has 1 aromatic carbocycles. The second kappa shape index (κ2) is 7.09. The van der Waals surface area contributed by atoms with Crippen LogP contribution < -0.4 is 10.6 Å². The van der Waals surface area contributed by atoms with E-state index < -0.39 is 0 Å². The predicted molar refractivity (Wildman–Crippen MR) is 82.0 cm³/mol. The number of nitrogens with one attached hydrogen (secondary N) is 2. The molecule has 1 heterocycles. The fourth-order valence-corrected chi connectivity index (χ4v) is 2.19. The van der Waals surface area contributed by atoms with E-state index in [1.807, 2.05) is 12.1 Å². The molecule has 5 nitrogen and oxygen atoms in total. The molecule has 0 spiro atoms. The van der Waals surface area contributed by atoms with E-state index >= 15 is 0 Å². The number of hydrogen-bond acceptors (Lipinski definition) is 3. The van der Waals surface area contributed by atoms with E-state index in [1.165, 1.54) is 0 Å². The van der Waals surface area contributed by atoms with E-state index in [-0.39, 0.29) is 18.4 Å². The molecule has 0 saturated carbocycles.